The summed E-state index contributed by atoms with van der Waals surface area (Å²) in [7, 11) is 0. The molecule has 98 valence electrons. The normalized spacial score (nSPS) is 11.9. The molecule has 0 bridgehead atoms. The van der Waals surface area contributed by atoms with E-state index in [1.807, 2.05) is 18.2 Å². The molecule has 2 rings (SSSR count). The topological polar surface area (TPSA) is 29.1 Å². The summed E-state index contributed by atoms with van der Waals surface area (Å²) in [6.07, 6.45) is 0. The summed E-state index contributed by atoms with van der Waals surface area (Å²) >= 11 is 6.09. The van der Waals surface area contributed by atoms with Crippen molar-refractivity contribution in [2.75, 3.05) is 5.32 Å². The Morgan fingerprint density at radius 2 is 1.89 bits per heavy atom. The maximum Gasteiger partial charge on any atom is 0.246 e. The van der Waals surface area contributed by atoms with E-state index in [1.54, 1.807) is 25.1 Å². The maximum atomic E-state index is 13.1. The smallest absolute Gasteiger partial charge is 0.246 e. The molecule has 0 aliphatic carbocycles. The Hall–Kier alpha value is -1.87. The van der Waals surface area contributed by atoms with Crippen molar-refractivity contribution in [2.45, 2.75) is 12.3 Å². The Labute approximate surface area is 116 Å². The monoisotopic (exact) mass is 277 g/mol. The van der Waals surface area contributed by atoms with Crippen molar-refractivity contribution in [1.82, 2.24) is 0 Å². The Morgan fingerprint density at radius 1 is 1.21 bits per heavy atom. The van der Waals surface area contributed by atoms with Crippen LogP contribution in [0.2, 0.25) is 0 Å². The van der Waals surface area contributed by atoms with E-state index in [2.05, 4.69) is 5.32 Å². The predicted molar refractivity (Wildman–Crippen MR) is 74.8 cm³/mol. The predicted octanol–water partition coefficient (Wildman–Crippen LogP) is 4.05. The molecule has 0 saturated heterocycles. The highest BCUT2D eigenvalue weighted by Gasteiger charge is 2.17. The van der Waals surface area contributed by atoms with Gasteiger partial charge in [0.2, 0.25) is 5.91 Å². The minimum absolute atomic E-state index is 0.302. The first kappa shape index (κ1) is 13.6. The Bertz CT molecular complexity index is 586. The van der Waals surface area contributed by atoms with E-state index in [4.69, 9.17) is 11.6 Å². The average Bonchev–Trinajstić information content (AvgIpc) is 2.43. The zero-order valence-corrected chi connectivity index (χ0v) is 11.1. The number of hydrogen-bond donors (Lipinski definition) is 1. The lowest BCUT2D eigenvalue weighted by Gasteiger charge is -2.11. The van der Waals surface area contributed by atoms with Crippen LogP contribution in [0.4, 0.5) is 10.1 Å². The van der Waals surface area contributed by atoms with Gasteiger partial charge in [0.05, 0.1) is 0 Å². The molecule has 0 radical (unpaired) electrons. The van der Waals surface area contributed by atoms with Crippen molar-refractivity contribution in [3.8, 4) is 0 Å². The van der Waals surface area contributed by atoms with Crippen LogP contribution in [-0.4, -0.2) is 5.91 Å². The van der Waals surface area contributed by atoms with Gasteiger partial charge in [-0.25, -0.2) is 4.39 Å². The molecule has 0 heterocycles. The van der Waals surface area contributed by atoms with Gasteiger partial charge >= 0.3 is 0 Å². The lowest BCUT2D eigenvalue weighted by molar-refractivity contribution is -0.116. The molecule has 2 aromatic carbocycles. The molecule has 2 nitrogen and oxygen atoms in total. The average molecular weight is 278 g/mol. The molecule has 19 heavy (non-hydrogen) atoms. The van der Waals surface area contributed by atoms with Gasteiger partial charge in [0.1, 0.15) is 11.2 Å². The molecule has 0 aromatic heterocycles. The zero-order chi connectivity index (χ0) is 13.8. The van der Waals surface area contributed by atoms with Gasteiger partial charge in [-0.3, -0.25) is 4.79 Å². The van der Waals surface area contributed by atoms with Crippen molar-refractivity contribution in [2.24, 2.45) is 0 Å². The molecule has 0 saturated carbocycles. The van der Waals surface area contributed by atoms with Crippen LogP contribution in [0.1, 0.15) is 16.5 Å². The van der Waals surface area contributed by atoms with E-state index < -0.39 is 5.38 Å². The number of nitrogens with one attached hydrogen (secondary N) is 1. The molecule has 4 heteroatoms. The highest BCUT2D eigenvalue weighted by Crippen LogP contribution is 2.22. The molecule has 0 fully saturated rings. The standard InChI is InChI=1S/C15H13ClFNO/c1-10-9-12(7-8-13(10)17)18-15(19)14(16)11-5-3-2-4-6-11/h2-9,14H,1H3,(H,18,19). The van der Waals surface area contributed by atoms with Gasteiger partial charge in [0.25, 0.3) is 0 Å². The maximum absolute atomic E-state index is 13.1. The van der Waals surface area contributed by atoms with Crippen LogP contribution in [0.5, 0.6) is 0 Å². The van der Waals surface area contributed by atoms with Gasteiger partial charge in [-0.05, 0) is 36.2 Å². The van der Waals surface area contributed by atoms with E-state index in [0.29, 0.717) is 11.3 Å². The van der Waals surface area contributed by atoms with Crippen molar-refractivity contribution in [1.29, 1.82) is 0 Å². The summed E-state index contributed by atoms with van der Waals surface area (Å²) in [5.74, 6) is -0.637. The van der Waals surface area contributed by atoms with E-state index in [9.17, 15) is 9.18 Å². The van der Waals surface area contributed by atoms with Crippen LogP contribution in [0.3, 0.4) is 0 Å². The van der Waals surface area contributed by atoms with Crippen molar-refractivity contribution in [3.63, 3.8) is 0 Å². The van der Waals surface area contributed by atoms with Crippen molar-refractivity contribution in [3.05, 3.63) is 65.5 Å². The summed E-state index contributed by atoms with van der Waals surface area (Å²) in [4.78, 5) is 12.0. The van der Waals surface area contributed by atoms with Gasteiger partial charge in [-0.2, -0.15) is 0 Å². The lowest BCUT2D eigenvalue weighted by Crippen LogP contribution is -2.17. The lowest BCUT2D eigenvalue weighted by atomic mass is 10.1. The Kier molecular flexibility index (Phi) is 4.17. The summed E-state index contributed by atoms with van der Waals surface area (Å²) in [5.41, 5.74) is 1.73. The molecular weight excluding hydrogens is 265 g/mol. The number of hydrogen-bond acceptors (Lipinski definition) is 1. The Morgan fingerprint density at radius 3 is 2.53 bits per heavy atom. The number of halogens is 2. The SMILES string of the molecule is Cc1cc(NC(=O)C(Cl)c2ccccc2)ccc1F. The summed E-state index contributed by atoms with van der Waals surface area (Å²) in [6.45, 7) is 1.64. The third-order valence-corrected chi connectivity index (χ3v) is 3.20. The van der Waals surface area contributed by atoms with Crippen molar-refractivity contribution < 1.29 is 9.18 Å². The first-order valence-electron chi connectivity index (χ1n) is 5.84. The third kappa shape index (κ3) is 3.32. The second-order valence-corrected chi connectivity index (χ2v) is 4.66. The highest BCUT2D eigenvalue weighted by molar-refractivity contribution is 6.32. The second-order valence-electron chi connectivity index (χ2n) is 4.23. The summed E-state index contributed by atoms with van der Waals surface area (Å²) in [6, 6.07) is 13.5. The van der Waals surface area contributed by atoms with Gasteiger partial charge in [0, 0.05) is 5.69 Å². The molecule has 0 aliphatic rings. The fourth-order valence-electron chi connectivity index (χ4n) is 1.70. The first-order chi connectivity index (χ1) is 9.08. The van der Waals surface area contributed by atoms with Crippen LogP contribution in [0, 0.1) is 12.7 Å². The van der Waals surface area contributed by atoms with E-state index in [-0.39, 0.29) is 11.7 Å². The minimum atomic E-state index is -0.772. The number of carbonyl (C=O) groups is 1. The van der Waals surface area contributed by atoms with E-state index in [1.165, 1.54) is 12.1 Å². The van der Waals surface area contributed by atoms with Crippen molar-refractivity contribution >= 4 is 23.2 Å². The number of alkyl halides is 1. The first-order valence-corrected chi connectivity index (χ1v) is 6.27. The van der Waals surface area contributed by atoms with Crippen LogP contribution in [0.25, 0.3) is 0 Å². The molecule has 1 unspecified atom stereocenters. The quantitative estimate of drug-likeness (QED) is 0.843. The van der Waals surface area contributed by atoms with Gasteiger partial charge in [0.15, 0.2) is 0 Å². The second kappa shape index (κ2) is 5.85. The van der Waals surface area contributed by atoms with Crippen LogP contribution < -0.4 is 5.32 Å². The van der Waals surface area contributed by atoms with Crippen LogP contribution in [0.15, 0.2) is 48.5 Å². The van der Waals surface area contributed by atoms with Gasteiger partial charge < -0.3 is 5.32 Å². The molecule has 0 spiro atoms. The highest BCUT2D eigenvalue weighted by atomic mass is 35.5. The fraction of sp³-hybridized carbons (Fsp3) is 0.133. The molecule has 0 aliphatic heterocycles. The number of carbonyl (C=O) groups excluding carboxylic acids is 1. The van der Waals surface area contributed by atoms with Gasteiger partial charge in [-0.1, -0.05) is 30.3 Å². The molecule has 1 N–H and O–H groups in total. The molecule has 1 atom stereocenters. The zero-order valence-electron chi connectivity index (χ0n) is 10.4. The Balaban J connectivity index is 2.10. The van der Waals surface area contributed by atoms with Gasteiger partial charge in [-0.15, -0.1) is 11.6 Å². The van der Waals surface area contributed by atoms with E-state index in [0.717, 1.165) is 5.56 Å². The number of benzene rings is 2. The number of anilines is 1. The van der Waals surface area contributed by atoms with E-state index >= 15 is 0 Å². The number of rotatable bonds is 3. The number of aryl methyl sites for hydroxylation is 1. The summed E-state index contributed by atoms with van der Waals surface area (Å²) < 4.78 is 13.1. The van der Waals surface area contributed by atoms with Crippen LogP contribution >= 0.6 is 11.6 Å². The summed E-state index contributed by atoms with van der Waals surface area (Å²) in [5, 5.41) is 1.90. The van der Waals surface area contributed by atoms with Crippen LogP contribution in [-0.2, 0) is 4.79 Å². The fourth-order valence-corrected chi connectivity index (χ4v) is 1.90. The molecular formula is C15H13ClFNO. The largest absolute Gasteiger partial charge is 0.324 e. The number of amides is 1. The third-order valence-electron chi connectivity index (χ3n) is 2.75. The molecule has 2 aromatic rings. The molecule has 1 amide bonds. The minimum Gasteiger partial charge on any atom is -0.324 e.